The molecular formula is C28H41N3O. The Balaban J connectivity index is 1.45. The van der Waals surface area contributed by atoms with Gasteiger partial charge in [0.15, 0.2) is 0 Å². The Labute approximate surface area is 194 Å². The topological polar surface area (TPSA) is 44.4 Å². The Morgan fingerprint density at radius 1 is 1.03 bits per heavy atom. The minimum absolute atomic E-state index is 0.0305. The number of carbonyl (C=O) groups is 1. The van der Waals surface area contributed by atoms with Crippen LogP contribution in [0.3, 0.4) is 0 Å². The number of rotatable bonds is 13. The number of hydrogen-bond acceptors (Lipinski definition) is 3. The number of aryl methyl sites for hydroxylation is 2. The van der Waals surface area contributed by atoms with Crippen molar-refractivity contribution in [1.82, 2.24) is 15.5 Å². The largest absolute Gasteiger partial charge is 0.352 e. The first-order valence-corrected chi connectivity index (χ1v) is 12.4. The summed E-state index contributed by atoms with van der Waals surface area (Å²) in [7, 11) is 2.15. The van der Waals surface area contributed by atoms with Crippen LogP contribution < -0.4 is 10.6 Å². The lowest BCUT2D eigenvalue weighted by Gasteiger charge is -2.19. The molecule has 0 radical (unpaired) electrons. The highest BCUT2D eigenvalue weighted by Crippen LogP contribution is 2.45. The minimum atomic E-state index is 0.0305. The van der Waals surface area contributed by atoms with Crippen LogP contribution in [0.2, 0.25) is 0 Å². The molecule has 3 rings (SSSR count). The van der Waals surface area contributed by atoms with Crippen molar-refractivity contribution in [3.05, 3.63) is 70.3 Å². The van der Waals surface area contributed by atoms with Gasteiger partial charge in [-0.3, -0.25) is 4.79 Å². The van der Waals surface area contributed by atoms with E-state index in [0.717, 1.165) is 43.6 Å². The van der Waals surface area contributed by atoms with Crippen LogP contribution in [-0.4, -0.2) is 37.5 Å². The number of nitrogens with zero attached hydrogens (tertiary/aromatic N) is 1. The van der Waals surface area contributed by atoms with E-state index in [1.54, 1.807) is 0 Å². The molecule has 0 bridgehead atoms. The van der Waals surface area contributed by atoms with Crippen molar-refractivity contribution < 1.29 is 4.79 Å². The van der Waals surface area contributed by atoms with E-state index in [9.17, 15) is 4.79 Å². The molecule has 1 fully saturated rings. The van der Waals surface area contributed by atoms with Gasteiger partial charge in [-0.15, -0.1) is 0 Å². The normalized spacial score (nSPS) is 14.5. The van der Waals surface area contributed by atoms with E-state index < -0.39 is 0 Å². The van der Waals surface area contributed by atoms with Gasteiger partial charge in [0.25, 0.3) is 5.91 Å². The Kier molecular flexibility index (Phi) is 8.89. The van der Waals surface area contributed by atoms with E-state index in [0.29, 0.717) is 6.54 Å². The molecule has 0 spiro atoms. The monoisotopic (exact) mass is 435 g/mol. The summed E-state index contributed by atoms with van der Waals surface area (Å²) >= 11 is 0. The molecule has 1 aliphatic carbocycles. The molecule has 174 valence electrons. The Morgan fingerprint density at radius 2 is 1.84 bits per heavy atom. The van der Waals surface area contributed by atoms with Gasteiger partial charge in [0.2, 0.25) is 0 Å². The number of benzene rings is 2. The van der Waals surface area contributed by atoms with Crippen LogP contribution in [0.15, 0.2) is 42.5 Å². The smallest absolute Gasteiger partial charge is 0.251 e. The van der Waals surface area contributed by atoms with Crippen molar-refractivity contribution in [2.24, 2.45) is 0 Å². The molecule has 0 aromatic heterocycles. The molecule has 4 nitrogen and oxygen atoms in total. The third kappa shape index (κ3) is 6.91. The van der Waals surface area contributed by atoms with E-state index >= 15 is 0 Å². The summed E-state index contributed by atoms with van der Waals surface area (Å²) in [5.41, 5.74) is 6.09. The second-order valence-corrected chi connectivity index (χ2v) is 9.47. The van der Waals surface area contributed by atoms with Crippen LogP contribution >= 0.6 is 0 Å². The number of carbonyl (C=O) groups excluding carboxylic acids is 1. The van der Waals surface area contributed by atoms with Gasteiger partial charge in [-0.25, -0.2) is 0 Å². The summed E-state index contributed by atoms with van der Waals surface area (Å²) in [6.45, 7) is 10.1. The van der Waals surface area contributed by atoms with Crippen molar-refractivity contribution in [2.75, 3.05) is 26.7 Å². The van der Waals surface area contributed by atoms with Gasteiger partial charge in [-0.2, -0.15) is 0 Å². The summed E-state index contributed by atoms with van der Waals surface area (Å²) in [5, 5.41) is 6.86. The number of hydrogen-bond donors (Lipinski definition) is 2. The molecule has 1 aliphatic rings. The first kappa shape index (κ1) is 24.5. The molecule has 1 amide bonds. The average Bonchev–Trinajstić information content (AvgIpc) is 3.58. The lowest BCUT2D eigenvalue weighted by atomic mass is 10.0. The van der Waals surface area contributed by atoms with Gasteiger partial charge in [0.1, 0.15) is 0 Å². The summed E-state index contributed by atoms with van der Waals surface area (Å²) in [6.07, 6.45) is 6.81. The van der Waals surface area contributed by atoms with Gasteiger partial charge in [-0.05, 0) is 88.0 Å². The van der Waals surface area contributed by atoms with Crippen LogP contribution in [0, 0.1) is 6.92 Å². The average molecular weight is 436 g/mol. The van der Waals surface area contributed by atoms with E-state index in [2.05, 4.69) is 73.7 Å². The van der Waals surface area contributed by atoms with Crippen molar-refractivity contribution in [3.8, 4) is 0 Å². The molecule has 2 N–H and O–H groups in total. The second-order valence-electron chi connectivity index (χ2n) is 9.47. The van der Waals surface area contributed by atoms with Crippen LogP contribution in [0.5, 0.6) is 0 Å². The van der Waals surface area contributed by atoms with Crippen LogP contribution in [-0.2, 0) is 18.5 Å². The molecule has 0 saturated heterocycles. The third-order valence-electron chi connectivity index (χ3n) is 6.49. The Morgan fingerprint density at radius 3 is 2.56 bits per heavy atom. The molecule has 2 aromatic carbocycles. The zero-order valence-corrected chi connectivity index (χ0v) is 20.5. The number of nitrogens with one attached hydrogen (secondary N) is 2. The predicted octanol–water partition coefficient (Wildman–Crippen LogP) is 5.19. The third-order valence-corrected chi connectivity index (χ3v) is 6.49. The van der Waals surface area contributed by atoms with Crippen molar-refractivity contribution >= 4 is 5.91 Å². The standard InChI is InChI=1S/C28H41N3O/c1-5-7-16-31(4)21-24-17-22(3)18-25(19-24)27(32)29-14-9-15-30-28(12-13-28)26-11-8-10-23(6-2)20-26/h8,10-11,17-20,30H,5-7,9,12-16,21H2,1-4H3,(H,29,32). The zero-order chi connectivity index (χ0) is 23.0. The molecule has 1 saturated carbocycles. The maximum Gasteiger partial charge on any atom is 0.251 e. The fourth-order valence-corrected chi connectivity index (χ4v) is 4.41. The second kappa shape index (κ2) is 11.6. The molecule has 0 unspecified atom stereocenters. The first-order valence-electron chi connectivity index (χ1n) is 12.4. The van der Waals surface area contributed by atoms with E-state index in [1.165, 1.54) is 42.4 Å². The summed E-state index contributed by atoms with van der Waals surface area (Å²) in [4.78, 5) is 15.1. The fourth-order valence-electron chi connectivity index (χ4n) is 4.41. The maximum atomic E-state index is 12.7. The SMILES string of the molecule is CCCCN(C)Cc1cc(C)cc(C(=O)NCCCNC2(c3cccc(CC)c3)CC2)c1. The number of amides is 1. The highest BCUT2D eigenvalue weighted by atomic mass is 16.1. The first-order chi connectivity index (χ1) is 15.5. The molecular weight excluding hydrogens is 394 g/mol. The minimum Gasteiger partial charge on any atom is -0.352 e. The van der Waals surface area contributed by atoms with Crippen LogP contribution in [0.25, 0.3) is 0 Å². The summed E-state index contributed by atoms with van der Waals surface area (Å²) < 4.78 is 0. The molecule has 0 heterocycles. The van der Waals surface area contributed by atoms with E-state index in [-0.39, 0.29) is 11.4 Å². The summed E-state index contributed by atoms with van der Waals surface area (Å²) in [5.74, 6) is 0.0305. The molecule has 32 heavy (non-hydrogen) atoms. The van der Waals surface area contributed by atoms with Gasteiger partial charge in [0, 0.05) is 24.2 Å². The molecule has 0 aliphatic heterocycles. The van der Waals surface area contributed by atoms with Crippen LogP contribution in [0.4, 0.5) is 0 Å². The Bertz CT molecular complexity index is 888. The predicted molar refractivity (Wildman–Crippen MR) is 134 cm³/mol. The van der Waals surface area contributed by atoms with Crippen LogP contribution in [0.1, 0.15) is 78.6 Å². The highest BCUT2D eigenvalue weighted by Gasteiger charge is 2.43. The van der Waals surface area contributed by atoms with Crippen molar-refractivity contribution in [1.29, 1.82) is 0 Å². The Hall–Kier alpha value is -2.17. The van der Waals surface area contributed by atoms with Crippen molar-refractivity contribution in [2.45, 2.75) is 71.4 Å². The van der Waals surface area contributed by atoms with Gasteiger partial charge in [0.05, 0.1) is 0 Å². The maximum absolute atomic E-state index is 12.7. The lowest BCUT2D eigenvalue weighted by Crippen LogP contribution is -2.33. The van der Waals surface area contributed by atoms with Crippen molar-refractivity contribution in [3.63, 3.8) is 0 Å². The fraction of sp³-hybridized carbons (Fsp3) is 0.536. The lowest BCUT2D eigenvalue weighted by molar-refractivity contribution is 0.0953. The van der Waals surface area contributed by atoms with Gasteiger partial charge < -0.3 is 15.5 Å². The molecule has 0 atom stereocenters. The zero-order valence-electron chi connectivity index (χ0n) is 20.5. The summed E-state index contributed by atoms with van der Waals surface area (Å²) in [6, 6.07) is 15.2. The van der Waals surface area contributed by atoms with Gasteiger partial charge >= 0.3 is 0 Å². The number of unbranched alkanes of at least 4 members (excludes halogenated alkanes) is 1. The highest BCUT2D eigenvalue weighted by molar-refractivity contribution is 5.94. The molecule has 4 heteroatoms. The van der Waals surface area contributed by atoms with E-state index in [4.69, 9.17) is 0 Å². The van der Waals surface area contributed by atoms with E-state index in [1.807, 2.05) is 12.1 Å². The van der Waals surface area contributed by atoms with Gasteiger partial charge in [-0.1, -0.05) is 56.2 Å². The quantitative estimate of drug-likeness (QED) is 0.426. The molecule has 2 aromatic rings.